The minimum Gasteiger partial charge on any atom is -0.427 e. The molecule has 4 nitrogen and oxygen atoms in total. The molecule has 39 heavy (non-hydrogen) atoms. The van der Waals surface area contributed by atoms with Gasteiger partial charge in [-0.2, -0.15) is 31.6 Å². The van der Waals surface area contributed by atoms with Crippen molar-refractivity contribution < 1.29 is 87.3 Å². The van der Waals surface area contributed by atoms with Crippen molar-refractivity contribution >= 4 is 23.0 Å². The van der Waals surface area contributed by atoms with Crippen molar-refractivity contribution in [3.05, 3.63) is 63.5 Å². The number of hydrogen-bond acceptors (Lipinski definition) is 2. The molecule has 0 amide bonds. The van der Waals surface area contributed by atoms with Crippen LogP contribution in [-0.4, -0.2) is 24.0 Å². The van der Waals surface area contributed by atoms with Crippen LogP contribution in [0.2, 0.25) is 0 Å². The molecule has 0 bridgehead atoms. The number of aliphatic imine (C=N–C) groups is 2. The first-order valence-electron chi connectivity index (χ1n) is 8.59. The van der Waals surface area contributed by atoms with Gasteiger partial charge >= 0.3 is 29.4 Å². The Morgan fingerprint density at radius 1 is 0.615 bits per heavy atom. The van der Waals surface area contributed by atoms with Gasteiger partial charge in [0.15, 0.2) is 46.5 Å². The fourth-order valence-electron chi connectivity index (χ4n) is 2.00. The topological polar surface area (TPSA) is 62.6 Å². The van der Waals surface area contributed by atoms with E-state index < -0.39 is 93.6 Å². The Balaban J connectivity index is 0.00000344. The van der Waals surface area contributed by atoms with Crippen LogP contribution in [0.4, 0.5) is 81.6 Å². The third kappa shape index (κ3) is 7.75. The van der Waals surface area contributed by atoms with Crippen LogP contribution in [0.5, 0.6) is 0 Å². The predicted molar refractivity (Wildman–Crippen MR) is 93.4 cm³/mol. The zero-order valence-corrected chi connectivity index (χ0v) is 18.6. The van der Waals surface area contributed by atoms with Crippen molar-refractivity contribution in [3.8, 4) is 6.07 Å². The quantitative estimate of drug-likeness (QED) is 0.0822. The third-order valence-corrected chi connectivity index (χ3v) is 3.53. The Bertz CT molecular complexity index is 1280. The third-order valence-electron chi connectivity index (χ3n) is 3.53. The molecule has 2 rings (SSSR count). The van der Waals surface area contributed by atoms with Gasteiger partial charge in [0.05, 0.1) is 6.07 Å². The predicted octanol–water partition coefficient (Wildman–Crippen LogP) is 7.86. The van der Waals surface area contributed by atoms with Gasteiger partial charge in [-0.3, -0.25) is 0 Å². The molecule has 0 heterocycles. The largest absolute Gasteiger partial charge is 1.00 e. The average Bonchev–Trinajstić information content (AvgIpc) is 2.81. The Labute approximate surface area is 215 Å². The SMILES string of the molecule is CC#N.Fc1c(F)c(F)c(N=C(N=C([N-]c2c(F)c(F)c(F)c(F)c2F)C(F)(F)F)C(F)(F)F)c(F)c1F.[Cu+]. The summed E-state index contributed by atoms with van der Waals surface area (Å²) in [6, 6.07) is 1.75. The minimum atomic E-state index is -6.30. The molecule has 0 saturated heterocycles. The monoisotopic (exact) mass is 642 g/mol. The molecule has 0 saturated carbocycles. The molecule has 0 unspecified atom stereocenters. The zero-order chi connectivity index (χ0) is 29.9. The maximum absolute atomic E-state index is 13.6. The van der Waals surface area contributed by atoms with Gasteiger partial charge in [0, 0.05) is 18.4 Å². The summed E-state index contributed by atoms with van der Waals surface area (Å²) in [4.78, 5) is 3.48. The first-order chi connectivity index (χ1) is 17.2. The molecular weight excluding hydrogens is 640 g/mol. The summed E-state index contributed by atoms with van der Waals surface area (Å²) in [5.41, 5.74) is -5.37. The Hall–Kier alpha value is -3.53. The summed E-state index contributed by atoms with van der Waals surface area (Å²) in [5, 5.41) is 9.15. The van der Waals surface area contributed by atoms with Gasteiger partial charge in [-0.1, -0.05) is 0 Å². The van der Waals surface area contributed by atoms with E-state index in [0.29, 0.717) is 0 Å². The summed E-state index contributed by atoms with van der Waals surface area (Å²) in [6.07, 6.45) is -12.6. The molecule has 0 radical (unpaired) electrons. The van der Waals surface area contributed by atoms with E-state index in [9.17, 15) is 70.2 Å². The van der Waals surface area contributed by atoms with Gasteiger partial charge in [-0.05, 0) is 0 Å². The van der Waals surface area contributed by atoms with Gasteiger partial charge in [0.1, 0.15) is 11.5 Å². The Morgan fingerprint density at radius 2 is 0.923 bits per heavy atom. The van der Waals surface area contributed by atoms with Crippen LogP contribution in [0.1, 0.15) is 6.92 Å². The van der Waals surface area contributed by atoms with Crippen molar-refractivity contribution in [2.24, 2.45) is 9.98 Å². The number of hydrogen-bond donors (Lipinski definition) is 0. The standard InChI is InChI=1S/C16F16N3.C2H3N.Cu/c17-1-3(19)7(23)11(8(24)4(1)20)33-13(15(27,28)29)35-14(16(30,31)32)34-12-9(25)5(21)2(18)6(22)10(12)26;1-2-3;/h;1H3;/q-1;;+1. The Morgan fingerprint density at radius 3 is 1.23 bits per heavy atom. The smallest absolute Gasteiger partial charge is 0.427 e. The van der Waals surface area contributed by atoms with Gasteiger partial charge in [-0.25, -0.2) is 48.9 Å². The van der Waals surface area contributed by atoms with Crippen molar-refractivity contribution in [1.29, 1.82) is 5.26 Å². The van der Waals surface area contributed by atoms with E-state index in [1.165, 1.54) is 6.92 Å². The summed E-state index contributed by atoms with van der Waals surface area (Å²) >= 11 is 0. The molecule has 2 aromatic rings. The molecule has 0 atom stereocenters. The molecule has 218 valence electrons. The number of amidine groups is 2. The normalized spacial score (nSPS) is 12.3. The fourth-order valence-corrected chi connectivity index (χ4v) is 2.00. The fraction of sp³-hybridized carbons (Fsp3) is 0.167. The van der Waals surface area contributed by atoms with Crippen LogP contribution < -0.4 is 0 Å². The first kappa shape index (κ1) is 35.5. The van der Waals surface area contributed by atoms with Gasteiger partial charge in [0.25, 0.3) is 0 Å². The summed E-state index contributed by atoms with van der Waals surface area (Å²) < 4.78 is 212. The first-order valence-corrected chi connectivity index (χ1v) is 8.59. The summed E-state index contributed by atoms with van der Waals surface area (Å²) in [7, 11) is 0. The zero-order valence-electron chi connectivity index (χ0n) is 17.6. The molecule has 0 aromatic heterocycles. The molecule has 0 spiro atoms. The summed E-state index contributed by atoms with van der Waals surface area (Å²) in [5.74, 6) is -36.1. The number of nitrogens with zero attached hydrogens (tertiary/aromatic N) is 4. The molecule has 21 heteroatoms. The van der Waals surface area contributed by atoms with Crippen LogP contribution in [0.25, 0.3) is 5.32 Å². The molecule has 2 aromatic carbocycles. The van der Waals surface area contributed by atoms with Crippen molar-refractivity contribution in [3.63, 3.8) is 0 Å². The van der Waals surface area contributed by atoms with Crippen LogP contribution >= 0.6 is 0 Å². The molecule has 0 aliphatic rings. The van der Waals surface area contributed by atoms with Gasteiger partial charge in [-0.15, -0.1) is 0 Å². The van der Waals surface area contributed by atoms with Crippen LogP contribution in [0, 0.1) is 69.5 Å². The van der Waals surface area contributed by atoms with Crippen molar-refractivity contribution in [2.75, 3.05) is 0 Å². The molecule has 0 aliphatic carbocycles. The van der Waals surface area contributed by atoms with Crippen LogP contribution in [0.3, 0.4) is 0 Å². The minimum absolute atomic E-state index is 0. The number of halogens is 16. The Kier molecular flexibility index (Phi) is 11.8. The number of nitriles is 1. The number of rotatable bonds is 2. The molecule has 0 fully saturated rings. The van der Waals surface area contributed by atoms with Crippen LogP contribution in [-0.2, 0) is 17.1 Å². The van der Waals surface area contributed by atoms with E-state index >= 15 is 0 Å². The maximum Gasteiger partial charge on any atom is 1.00 e. The average molecular weight is 643 g/mol. The maximum atomic E-state index is 13.6. The number of alkyl halides is 6. The second kappa shape index (κ2) is 13.0. The second-order valence-electron chi connectivity index (χ2n) is 6.04. The summed E-state index contributed by atoms with van der Waals surface area (Å²) in [6.45, 7) is 1.43. The van der Waals surface area contributed by atoms with E-state index in [4.69, 9.17) is 5.26 Å². The van der Waals surface area contributed by atoms with Crippen LogP contribution in [0.15, 0.2) is 9.98 Å². The van der Waals surface area contributed by atoms with Gasteiger partial charge < -0.3 is 10.3 Å². The van der Waals surface area contributed by atoms with E-state index in [1.807, 2.05) is 10.3 Å². The van der Waals surface area contributed by atoms with Crippen molar-refractivity contribution in [2.45, 2.75) is 19.3 Å². The van der Waals surface area contributed by atoms with E-state index in [0.717, 1.165) is 0 Å². The molecule has 0 aliphatic heterocycles. The van der Waals surface area contributed by atoms with Gasteiger partial charge in [0.2, 0.25) is 11.6 Å². The molecule has 0 N–H and O–H groups in total. The van der Waals surface area contributed by atoms with E-state index in [-0.39, 0.29) is 17.1 Å². The second-order valence-corrected chi connectivity index (χ2v) is 6.04. The molecular formula is C18H3CuF16N4. The van der Waals surface area contributed by atoms with E-state index in [2.05, 4.69) is 0 Å². The van der Waals surface area contributed by atoms with Crippen molar-refractivity contribution in [1.82, 2.24) is 0 Å². The van der Waals surface area contributed by atoms with E-state index in [1.54, 1.807) is 11.1 Å². The number of benzene rings is 2.